The first-order valence-electron chi connectivity index (χ1n) is 16.0. The lowest BCUT2D eigenvalue weighted by molar-refractivity contribution is -0.384. The number of anilines is 2. The number of nitro groups is 1. The van der Waals surface area contributed by atoms with Crippen molar-refractivity contribution in [1.29, 1.82) is 0 Å². The average Bonchev–Trinajstić information content (AvgIpc) is 3.64. The maximum absolute atomic E-state index is 13.7. The van der Waals surface area contributed by atoms with Gasteiger partial charge in [0.2, 0.25) is 5.91 Å². The second-order valence-corrected chi connectivity index (χ2v) is 13.5. The van der Waals surface area contributed by atoms with Gasteiger partial charge in [0, 0.05) is 39.2 Å². The number of non-ortho nitro benzene ring substituents is 1. The summed E-state index contributed by atoms with van der Waals surface area (Å²) < 4.78 is 0. The van der Waals surface area contributed by atoms with Crippen molar-refractivity contribution in [3.05, 3.63) is 177 Å². The van der Waals surface area contributed by atoms with Crippen LogP contribution in [0.25, 0.3) is 17.3 Å². The molecule has 0 aliphatic rings. The Kier molecular flexibility index (Phi) is 11.3. The van der Waals surface area contributed by atoms with Gasteiger partial charge in [-0.2, -0.15) is 0 Å². The van der Waals surface area contributed by atoms with Crippen molar-refractivity contribution in [2.24, 2.45) is 0 Å². The molecule has 5 aromatic carbocycles. The summed E-state index contributed by atoms with van der Waals surface area (Å²) in [6.07, 6.45) is 1.62. The third kappa shape index (κ3) is 9.24. The highest BCUT2D eigenvalue weighted by molar-refractivity contribution is 8.00. The van der Waals surface area contributed by atoms with Crippen molar-refractivity contribution in [3.63, 3.8) is 0 Å². The number of benzene rings is 5. The maximum Gasteiger partial charge on any atom is 0.272 e. The van der Waals surface area contributed by atoms with Gasteiger partial charge in [0.15, 0.2) is 5.13 Å². The number of carbonyl (C=O) groups excluding carboxylic acids is 3. The molecule has 52 heavy (non-hydrogen) atoms. The summed E-state index contributed by atoms with van der Waals surface area (Å²) in [7, 11) is 0. The summed E-state index contributed by atoms with van der Waals surface area (Å²) >= 11 is 2.55. The molecule has 0 aliphatic carbocycles. The van der Waals surface area contributed by atoms with Crippen LogP contribution in [0.1, 0.15) is 32.3 Å². The van der Waals surface area contributed by atoms with E-state index in [2.05, 4.69) is 20.9 Å². The summed E-state index contributed by atoms with van der Waals surface area (Å²) in [4.78, 5) is 56.3. The Balaban J connectivity index is 1.17. The number of amides is 3. The van der Waals surface area contributed by atoms with Crippen LogP contribution in [-0.2, 0) is 9.59 Å². The summed E-state index contributed by atoms with van der Waals surface area (Å²) in [6, 6.07) is 38.8. The third-order valence-corrected chi connectivity index (χ3v) is 9.73. The monoisotopic (exact) mass is 725 g/mol. The van der Waals surface area contributed by atoms with Crippen molar-refractivity contribution in [1.82, 2.24) is 10.3 Å². The molecule has 0 spiro atoms. The zero-order chi connectivity index (χ0) is 36.5. The number of aryl methyl sites for hydroxylation is 1. The molecular formula is C40H31N5O5S2. The van der Waals surface area contributed by atoms with Crippen LogP contribution < -0.4 is 16.0 Å². The number of rotatable bonds is 12. The van der Waals surface area contributed by atoms with Gasteiger partial charge in [-0.05, 0) is 60.5 Å². The van der Waals surface area contributed by atoms with Crippen LogP contribution in [0.3, 0.4) is 0 Å². The van der Waals surface area contributed by atoms with Gasteiger partial charge in [0.25, 0.3) is 17.5 Å². The van der Waals surface area contributed by atoms with E-state index in [0.29, 0.717) is 27.6 Å². The minimum absolute atomic E-state index is 0.0452. The zero-order valence-electron chi connectivity index (χ0n) is 27.7. The first-order chi connectivity index (χ1) is 25.2. The quantitative estimate of drug-likeness (QED) is 0.0495. The van der Waals surface area contributed by atoms with Gasteiger partial charge in [-0.3, -0.25) is 24.5 Å². The highest BCUT2D eigenvalue weighted by atomic mass is 32.2. The van der Waals surface area contributed by atoms with Crippen molar-refractivity contribution >= 4 is 63.4 Å². The molecule has 1 heterocycles. The summed E-state index contributed by atoms with van der Waals surface area (Å²) in [5, 5.41) is 21.2. The molecule has 0 bridgehead atoms. The Hall–Kier alpha value is -6.37. The van der Waals surface area contributed by atoms with E-state index in [1.165, 1.54) is 35.2 Å². The number of nitrogens with zero attached hydrogens (tertiary/aromatic N) is 2. The van der Waals surface area contributed by atoms with Crippen LogP contribution >= 0.6 is 23.1 Å². The Morgan fingerprint density at radius 1 is 0.827 bits per heavy atom. The standard InChI is InChI=1S/C40H31N5O5S2/c1-26-15-17-27(18-16-26)23-34(42-37(46)29-11-6-3-7-12-29)38(47)41-31-19-21-33(22-20-31)52-36(28-9-4-2-5-10-28)39(48)44-40-43-35(25-51-40)30-13-8-14-32(24-30)45(49)50/h2-25,36H,1H3,(H,41,47)(H,42,46)(H,43,44,48)/b34-23-. The fourth-order valence-electron chi connectivity index (χ4n) is 5.04. The number of aromatic nitrogens is 1. The lowest BCUT2D eigenvalue weighted by Gasteiger charge is -2.17. The van der Waals surface area contributed by atoms with E-state index in [4.69, 9.17) is 0 Å². The maximum atomic E-state index is 13.7. The topological polar surface area (TPSA) is 143 Å². The molecular weight excluding hydrogens is 695 g/mol. The number of nitrogens with one attached hydrogen (secondary N) is 3. The van der Waals surface area contributed by atoms with Gasteiger partial charge in [-0.25, -0.2) is 4.98 Å². The fraction of sp³-hybridized carbons (Fsp3) is 0.0500. The SMILES string of the molecule is Cc1ccc(/C=C(\NC(=O)c2ccccc2)C(=O)Nc2ccc(SC(C(=O)Nc3nc(-c4cccc([N+](=O)[O-])c4)cs3)c3ccccc3)cc2)cc1. The van der Waals surface area contributed by atoms with Crippen LogP contribution in [0.4, 0.5) is 16.5 Å². The molecule has 6 aromatic rings. The van der Waals surface area contributed by atoms with Crippen molar-refractivity contribution in [2.45, 2.75) is 17.1 Å². The van der Waals surface area contributed by atoms with Gasteiger partial charge < -0.3 is 16.0 Å². The number of hydrogen-bond acceptors (Lipinski definition) is 8. The van der Waals surface area contributed by atoms with Crippen LogP contribution in [-0.4, -0.2) is 27.6 Å². The average molecular weight is 726 g/mol. The Bertz CT molecular complexity index is 2240. The van der Waals surface area contributed by atoms with Gasteiger partial charge in [-0.15, -0.1) is 23.1 Å². The van der Waals surface area contributed by atoms with Gasteiger partial charge in [0.1, 0.15) is 10.9 Å². The molecule has 0 aliphatic heterocycles. The molecule has 3 N–H and O–H groups in total. The highest BCUT2D eigenvalue weighted by Crippen LogP contribution is 2.37. The second-order valence-electron chi connectivity index (χ2n) is 11.5. The molecule has 0 saturated carbocycles. The predicted octanol–water partition coefficient (Wildman–Crippen LogP) is 8.91. The molecule has 10 nitrogen and oxygen atoms in total. The van der Waals surface area contributed by atoms with Gasteiger partial charge in [-0.1, -0.05) is 90.5 Å². The van der Waals surface area contributed by atoms with Gasteiger partial charge >= 0.3 is 0 Å². The fourth-order valence-corrected chi connectivity index (χ4v) is 6.78. The molecule has 1 unspecified atom stereocenters. The van der Waals surface area contributed by atoms with Crippen molar-refractivity contribution in [3.8, 4) is 11.3 Å². The van der Waals surface area contributed by atoms with E-state index in [1.54, 1.807) is 72.1 Å². The molecule has 1 aromatic heterocycles. The van der Waals surface area contributed by atoms with Crippen molar-refractivity contribution < 1.29 is 19.3 Å². The Labute approximate surface area is 307 Å². The second kappa shape index (κ2) is 16.6. The van der Waals surface area contributed by atoms with Gasteiger partial charge in [0.05, 0.1) is 10.6 Å². The molecule has 3 amide bonds. The molecule has 258 valence electrons. The summed E-state index contributed by atoms with van der Waals surface area (Å²) in [5.41, 5.74) is 4.62. The Morgan fingerprint density at radius 3 is 2.21 bits per heavy atom. The largest absolute Gasteiger partial charge is 0.321 e. The Morgan fingerprint density at radius 2 is 1.52 bits per heavy atom. The van der Waals surface area contributed by atoms with E-state index in [1.807, 2.05) is 67.6 Å². The van der Waals surface area contributed by atoms with E-state index in [-0.39, 0.29) is 17.3 Å². The van der Waals surface area contributed by atoms with Crippen LogP contribution in [0.15, 0.2) is 149 Å². The number of carbonyl (C=O) groups is 3. The first-order valence-corrected chi connectivity index (χ1v) is 17.8. The predicted molar refractivity (Wildman–Crippen MR) is 206 cm³/mol. The number of hydrogen-bond donors (Lipinski definition) is 3. The first kappa shape index (κ1) is 35.5. The third-order valence-electron chi connectivity index (χ3n) is 7.71. The number of thioether (sulfide) groups is 1. The molecule has 1 atom stereocenters. The highest BCUT2D eigenvalue weighted by Gasteiger charge is 2.24. The van der Waals surface area contributed by atoms with Crippen LogP contribution in [0, 0.1) is 17.0 Å². The number of thiazole rings is 1. The molecule has 6 rings (SSSR count). The van der Waals surface area contributed by atoms with Crippen LogP contribution in [0.2, 0.25) is 0 Å². The van der Waals surface area contributed by atoms with Crippen molar-refractivity contribution in [2.75, 3.05) is 10.6 Å². The van der Waals surface area contributed by atoms with E-state index >= 15 is 0 Å². The number of nitro benzene ring substituents is 1. The summed E-state index contributed by atoms with van der Waals surface area (Å²) in [5.74, 6) is -1.21. The lowest BCUT2D eigenvalue weighted by Crippen LogP contribution is -2.30. The minimum Gasteiger partial charge on any atom is -0.321 e. The van der Waals surface area contributed by atoms with E-state index < -0.39 is 22.0 Å². The van der Waals surface area contributed by atoms with E-state index in [0.717, 1.165) is 21.6 Å². The zero-order valence-corrected chi connectivity index (χ0v) is 29.3. The normalized spacial score (nSPS) is 11.7. The van der Waals surface area contributed by atoms with Crippen LogP contribution in [0.5, 0.6) is 0 Å². The molecule has 0 radical (unpaired) electrons. The molecule has 0 saturated heterocycles. The molecule has 0 fully saturated rings. The lowest BCUT2D eigenvalue weighted by atomic mass is 10.1. The smallest absolute Gasteiger partial charge is 0.272 e. The summed E-state index contributed by atoms with van der Waals surface area (Å²) in [6.45, 7) is 1.97. The minimum atomic E-state index is -0.649. The van der Waals surface area contributed by atoms with E-state index in [9.17, 15) is 24.5 Å². The molecule has 12 heteroatoms.